The Labute approximate surface area is 119 Å². The van der Waals surface area contributed by atoms with Crippen LogP contribution in [0, 0.1) is 5.92 Å². The van der Waals surface area contributed by atoms with Gasteiger partial charge in [-0.25, -0.2) is 4.98 Å². The van der Waals surface area contributed by atoms with Crippen LogP contribution in [-0.4, -0.2) is 35.6 Å². The first kappa shape index (κ1) is 14.3. The molecule has 1 aromatic heterocycles. The zero-order valence-electron chi connectivity index (χ0n) is 10.7. The van der Waals surface area contributed by atoms with Crippen molar-refractivity contribution in [1.29, 1.82) is 0 Å². The molecule has 3 rings (SSSR count). The van der Waals surface area contributed by atoms with Gasteiger partial charge in [0, 0.05) is 18.0 Å². The third-order valence-corrected chi connectivity index (χ3v) is 4.80. The summed E-state index contributed by atoms with van der Waals surface area (Å²) >= 11 is 1.70. The molecule has 1 N–H and O–H groups in total. The number of nitrogens with one attached hydrogen (secondary N) is 1. The molecule has 2 aliphatic heterocycles. The zero-order valence-corrected chi connectivity index (χ0v) is 12.3. The van der Waals surface area contributed by atoms with Gasteiger partial charge >= 0.3 is 0 Å². The maximum absolute atomic E-state index is 4.37. The van der Waals surface area contributed by atoms with Gasteiger partial charge in [0.05, 0.1) is 11.2 Å². The van der Waals surface area contributed by atoms with E-state index in [9.17, 15) is 0 Å². The highest BCUT2D eigenvalue weighted by Gasteiger charge is 2.28. The molecule has 2 fully saturated rings. The molecule has 0 aromatic carbocycles. The van der Waals surface area contributed by atoms with Gasteiger partial charge in [-0.1, -0.05) is 0 Å². The lowest BCUT2D eigenvalue weighted by Crippen LogP contribution is -2.40. The first-order chi connectivity index (χ1) is 8.42. The standard InChI is InChI=1S/C13H21N3S.ClH/c1-2-13(14-5-1)11-3-6-16(7-4-11)8-12-9-17-10-15-12;/h9-11,13-14H,1-8H2;1H. The maximum Gasteiger partial charge on any atom is 0.0795 e. The maximum atomic E-state index is 4.37. The lowest BCUT2D eigenvalue weighted by Gasteiger charge is -2.34. The number of hydrogen-bond donors (Lipinski definition) is 1. The number of rotatable bonds is 3. The Balaban J connectivity index is 0.00000120. The molecular weight excluding hydrogens is 266 g/mol. The Morgan fingerprint density at radius 3 is 2.78 bits per heavy atom. The Morgan fingerprint density at radius 2 is 2.17 bits per heavy atom. The monoisotopic (exact) mass is 287 g/mol. The average molecular weight is 288 g/mol. The minimum atomic E-state index is 0. The molecule has 0 saturated carbocycles. The second-order valence-corrected chi connectivity index (χ2v) is 6.01. The number of aromatic nitrogens is 1. The van der Waals surface area contributed by atoms with Gasteiger partial charge < -0.3 is 5.32 Å². The fourth-order valence-corrected chi connectivity index (χ4v) is 3.72. The molecule has 1 aromatic rings. The second-order valence-electron chi connectivity index (χ2n) is 5.30. The molecule has 1 atom stereocenters. The lowest BCUT2D eigenvalue weighted by molar-refractivity contribution is 0.156. The van der Waals surface area contributed by atoms with Crippen molar-refractivity contribution in [3.63, 3.8) is 0 Å². The molecule has 0 radical (unpaired) electrons. The van der Waals surface area contributed by atoms with Crippen LogP contribution in [0.3, 0.4) is 0 Å². The largest absolute Gasteiger partial charge is 0.314 e. The number of thiazole rings is 1. The van der Waals surface area contributed by atoms with Crippen LogP contribution in [0.4, 0.5) is 0 Å². The minimum absolute atomic E-state index is 0. The number of nitrogens with zero attached hydrogens (tertiary/aromatic N) is 2. The molecule has 0 spiro atoms. The fraction of sp³-hybridized carbons (Fsp3) is 0.769. The van der Waals surface area contributed by atoms with E-state index in [-0.39, 0.29) is 12.4 Å². The van der Waals surface area contributed by atoms with Crippen LogP contribution in [0.1, 0.15) is 31.4 Å². The SMILES string of the molecule is Cl.c1nc(CN2CCC(C3CCCN3)CC2)cs1. The minimum Gasteiger partial charge on any atom is -0.314 e. The predicted octanol–water partition coefficient (Wildman–Crippen LogP) is 2.53. The summed E-state index contributed by atoms with van der Waals surface area (Å²) in [4.78, 5) is 6.93. The van der Waals surface area contributed by atoms with E-state index in [4.69, 9.17) is 0 Å². The molecule has 3 heterocycles. The van der Waals surface area contributed by atoms with E-state index in [2.05, 4.69) is 20.6 Å². The summed E-state index contributed by atoms with van der Waals surface area (Å²) in [6, 6.07) is 0.816. The van der Waals surface area contributed by atoms with E-state index in [0.29, 0.717) is 0 Å². The van der Waals surface area contributed by atoms with Gasteiger partial charge in [0.15, 0.2) is 0 Å². The topological polar surface area (TPSA) is 28.2 Å². The lowest BCUT2D eigenvalue weighted by atomic mass is 9.88. The van der Waals surface area contributed by atoms with Crippen molar-refractivity contribution in [2.75, 3.05) is 19.6 Å². The highest BCUT2D eigenvalue weighted by Crippen LogP contribution is 2.26. The predicted molar refractivity (Wildman–Crippen MR) is 78.4 cm³/mol. The van der Waals surface area contributed by atoms with E-state index in [0.717, 1.165) is 18.5 Å². The van der Waals surface area contributed by atoms with Crippen LogP contribution >= 0.6 is 23.7 Å². The number of likely N-dealkylation sites (tertiary alicyclic amines) is 1. The fourth-order valence-electron chi connectivity index (χ4n) is 3.17. The molecular formula is C13H22ClN3S. The first-order valence-corrected chi connectivity index (χ1v) is 7.69. The summed E-state index contributed by atoms with van der Waals surface area (Å²) in [5.74, 6) is 0.921. The molecule has 0 bridgehead atoms. The van der Waals surface area contributed by atoms with Crippen LogP contribution in [0.2, 0.25) is 0 Å². The molecule has 102 valence electrons. The molecule has 0 amide bonds. The molecule has 0 aliphatic carbocycles. The Hall–Kier alpha value is -0.160. The Morgan fingerprint density at radius 1 is 1.33 bits per heavy atom. The molecule has 18 heavy (non-hydrogen) atoms. The van der Waals surface area contributed by atoms with E-state index < -0.39 is 0 Å². The zero-order chi connectivity index (χ0) is 11.5. The van der Waals surface area contributed by atoms with Crippen molar-refractivity contribution in [1.82, 2.24) is 15.2 Å². The summed E-state index contributed by atoms with van der Waals surface area (Å²) in [5.41, 5.74) is 3.18. The molecule has 3 nitrogen and oxygen atoms in total. The Bertz CT molecular complexity index is 330. The van der Waals surface area contributed by atoms with Gasteiger partial charge in [-0.2, -0.15) is 0 Å². The summed E-state index contributed by atoms with van der Waals surface area (Å²) in [5, 5.41) is 5.83. The van der Waals surface area contributed by atoms with Crippen LogP contribution in [0.5, 0.6) is 0 Å². The van der Waals surface area contributed by atoms with Crippen LogP contribution in [0.15, 0.2) is 10.9 Å². The normalized spacial score (nSPS) is 26.1. The number of halogens is 1. The summed E-state index contributed by atoms with van der Waals surface area (Å²) in [6.07, 6.45) is 5.50. The van der Waals surface area contributed by atoms with Crippen molar-refractivity contribution in [3.05, 3.63) is 16.6 Å². The third-order valence-electron chi connectivity index (χ3n) is 4.17. The van der Waals surface area contributed by atoms with Crippen molar-refractivity contribution in [2.45, 2.75) is 38.3 Å². The highest BCUT2D eigenvalue weighted by molar-refractivity contribution is 7.07. The van der Waals surface area contributed by atoms with Gasteiger partial charge in [0.1, 0.15) is 0 Å². The quantitative estimate of drug-likeness (QED) is 0.926. The first-order valence-electron chi connectivity index (χ1n) is 6.74. The highest BCUT2D eigenvalue weighted by atomic mass is 35.5. The van der Waals surface area contributed by atoms with Crippen LogP contribution < -0.4 is 5.32 Å². The molecule has 2 aliphatic rings. The number of hydrogen-bond acceptors (Lipinski definition) is 4. The van der Waals surface area contributed by atoms with Gasteiger partial charge in [-0.15, -0.1) is 23.7 Å². The summed E-state index contributed by atoms with van der Waals surface area (Å²) in [6.45, 7) is 4.79. The molecule has 5 heteroatoms. The van der Waals surface area contributed by atoms with Gasteiger partial charge in [0.25, 0.3) is 0 Å². The van der Waals surface area contributed by atoms with Crippen LogP contribution in [0.25, 0.3) is 0 Å². The van der Waals surface area contributed by atoms with E-state index in [1.807, 2.05) is 5.51 Å². The number of piperidine rings is 1. The Kier molecular flexibility index (Phi) is 5.42. The third kappa shape index (κ3) is 3.44. The van der Waals surface area contributed by atoms with Gasteiger partial charge in [-0.3, -0.25) is 4.90 Å². The molecule has 1 unspecified atom stereocenters. The van der Waals surface area contributed by atoms with E-state index in [1.165, 1.54) is 51.0 Å². The van der Waals surface area contributed by atoms with Crippen molar-refractivity contribution in [2.24, 2.45) is 5.92 Å². The molecule has 2 saturated heterocycles. The smallest absolute Gasteiger partial charge is 0.0795 e. The van der Waals surface area contributed by atoms with Gasteiger partial charge in [0.2, 0.25) is 0 Å². The summed E-state index contributed by atoms with van der Waals surface area (Å²) < 4.78 is 0. The van der Waals surface area contributed by atoms with Crippen molar-refractivity contribution < 1.29 is 0 Å². The van der Waals surface area contributed by atoms with Gasteiger partial charge in [-0.05, 0) is 51.2 Å². The van der Waals surface area contributed by atoms with Crippen molar-refractivity contribution in [3.8, 4) is 0 Å². The summed E-state index contributed by atoms with van der Waals surface area (Å²) in [7, 11) is 0. The second kappa shape index (κ2) is 6.85. The van der Waals surface area contributed by atoms with E-state index >= 15 is 0 Å². The van der Waals surface area contributed by atoms with E-state index in [1.54, 1.807) is 11.3 Å². The average Bonchev–Trinajstić information content (AvgIpc) is 3.01. The van der Waals surface area contributed by atoms with Crippen LogP contribution in [-0.2, 0) is 6.54 Å². The van der Waals surface area contributed by atoms with Crippen molar-refractivity contribution >= 4 is 23.7 Å².